The SMILES string of the molecule is O=C(Nc1ccccc1)[C@H](c1ccc(Cl)cc1)N(CCO)CCO. The van der Waals surface area contributed by atoms with Crippen LogP contribution in [0.4, 0.5) is 5.69 Å². The van der Waals surface area contributed by atoms with Crippen molar-refractivity contribution in [2.24, 2.45) is 0 Å². The van der Waals surface area contributed by atoms with Gasteiger partial charge in [-0.15, -0.1) is 0 Å². The highest BCUT2D eigenvalue weighted by atomic mass is 35.5. The van der Waals surface area contributed by atoms with Gasteiger partial charge in [-0.05, 0) is 29.8 Å². The highest BCUT2D eigenvalue weighted by Gasteiger charge is 2.27. The maximum absolute atomic E-state index is 12.8. The first-order chi connectivity index (χ1) is 11.7. The molecule has 0 radical (unpaired) electrons. The number of hydrogen-bond acceptors (Lipinski definition) is 4. The average Bonchev–Trinajstić information content (AvgIpc) is 2.58. The summed E-state index contributed by atoms with van der Waals surface area (Å²) in [5, 5.41) is 22.1. The van der Waals surface area contributed by atoms with E-state index in [9.17, 15) is 15.0 Å². The number of halogens is 1. The minimum atomic E-state index is -0.637. The van der Waals surface area contributed by atoms with Gasteiger partial charge < -0.3 is 15.5 Å². The summed E-state index contributed by atoms with van der Waals surface area (Å²) in [6, 6.07) is 15.5. The van der Waals surface area contributed by atoms with E-state index in [0.29, 0.717) is 10.7 Å². The average molecular weight is 349 g/mol. The molecule has 2 aromatic carbocycles. The minimum Gasteiger partial charge on any atom is -0.395 e. The molecule has 0 aliphatic heterocycles. The lowest BCUT2D eigenvalue weighted by molar-refractivity contribution is -0.121. The van der Waals surface area contributed by atoms with Gasteiger partial charge in [-0.1, -0.05) is 41.9 Å². The number of rotatable bonds is 8. The van der Waals surface area contributed by atoms with Crippen LogP contribution >= 0.6 is 11.6 Å². The number of nitrogens with one attached hydrogen (secondary N) is 1. The van der Waals surface area contributed by atoms with E-state index in [-0.39, 0.29) is 32.2 Å². The molecule has 0 heterocycles. The number of para-hydroxylation sites is 1. The number of hydrogen-bond donors (Lipinski definition) is 3. The molecule has 0 fully saturated rings. The molecule has 1 amide bonds. The van der Waals surface area contributed by atoms with Crippen molar-refractivity contribution < 1.29 is 15.0 Å². The number of carbonyl (C=O) groups excluding carboxylic acids is 1. The zero-order valence-corrected chi connectivity index (χ0v) is 14.0. The van der Waals surface area contributed by atoms with E-state index in [1.807, 2.05) is 18.2 Å². The molecule has 5 nitrogen and oxygen atoms in total. The van der Waals surface area contributed by atoms with Gasteiger partial charge in [0.1, 0.15) is 6.04 Å². The van der Waals surface area contributed by atoms with Crippen LogP contribution < -0.4 is 5.32 Å². The second-order valence-corrected chi connectivity index (χ2v) is 5.73. The molecule has 0 aromatic heterocycles. The van der Waals surface area contributed by atoms with Crippen LogP contribution in [-0.2, 0) is 4.79 Å². The molecule has 0 spiro atoms. The summed E-state index contributed by atoms with van der Waals surface area (Å²) in [6.07, 6.45) is 0. The van der Waals surface area contributed by atoms with Gasteiger partial charge in [0.2, 0.25) is 5.91 Å². The van der Waals surface area contributed by atoms with E-state index in [4.69, 9.17) is 11.6 Å². The van der Waals surface area contributed by atoms with E-state index < -0.39 is 6.04 Å². The fraction of sp³-hybridized carbons (Fsp3) is 0.278. The van der Waals surface area contributed by atoms with Crippen molar-refractivity contribution in [3.63, 3.8) is 0 Å². The minimum absolute atomic E-state index is 0.108. The maximum Gasteiger partial charge on any atom is 0.246 e. The molecule has 2 aromatic rings. The molecule has 0 unspecified atom stereocenters. The van der Waals surface area contributed by atoms with Crippen LogP contribution in [0.15, 0.2) is 54.6 Å². The van der Waals surface area contributed by atoms with Crippen molar-refractivity contribution in [1.82, 2.24) is 4.90 Å². The molecule has 0 saturated heterocycles. The van der Waals surface area contributed by atoms with Gasteiger partial charge in [-0.3, -0.25) is 9.69 Å². The summed E-state index contributed by atoms with van der Waals surface area (Å²) < 4.78 is 0. The monoisotopic (exact) mass is 348 g/mol. The molecule has 1 atom stereocenters. The van der Waals surface area contributed by atoms with Gasteiger partial charge in [0, 0.05) is 23.8 Å². The third kappa shape index (κ3) is 5.04. The van der Waals surface area contributed by atoms with Crippen LogP contribution in [0.2, 0.25) is 5.02 Å². The summed E-state index contributed by atoms with van der Waals surface area (Å²) >= 11 is 5.93. The standard InChI is InChI=1S/C18H21ClN2O3/c19-15-8-6-14(7-9-15)17(21(10-12-22)11-13-23)18(24)20-16-4-2-1-3-5-16/h1-9,17,22-23H,10-13H2,(H,20,24)/t17-/m0/s1. The summed E-state index contributed by atoms with van der Waals surface area (Å²) in [7, 11) is 0. The maximum atomic E-state index is 12.8. The van der Waals surface area contributed by atoms with Crippen LogP contribution in [-0.4, -0.2) is 47.3 Å². The van der Waals surface area contributed by atoms with Gasteiger partial charge in [0.25, 0.3) is 0 Å². The van der Waals surface area contributed by atoms with Crippen molar-refractivity contribution in [2.45, 2.75) is 6.04 Å². The normalized spacial score (nSPS) is 12.2. The summed E-state index contributed by atoms with van der Waals surface area (Å²) in [5.41, 5.74) is 1.43. The summed E-state index contributed by atoms with van der Waals surface area (Å²) in [6.45, 7) is 0.331. The fourth-order valence-electron chi connectivity index (χ4n) is 2.53. The molecule has 2 rings (SSSR count). The van der Waals surface area contributed by atoms with Crippen molar-refractivity contribution in [2.75, 3.05) is 31.6 Å². The Morgan fingerprint density at radius 2 is 1.58 bits per heavy atom. The Balaban J connectivity index is 2.29. The molecule has 6 heteroatoms. The molecular weight excluding hydrogens is 328 g/mol. The molecule has 0 bridgehead atoms. The van der Waals surface area contributed by atoms with Crippen LogP contribution in [0.1, 0.15) is 11.6 Å². The second kappa shape index (κ2) is 9.39. The first kappa shape index (κ1) is 18.4. The van der Waals surface area contributed by atoms with E-state index in [1.54, 1.807) is 41.3 Å². The van der Waals surface area contributed by atoms with Crippen molar-refractivity contribution in [1.29, 1.82) is 0 Å². The number of carbonyl (C=O) groups is 1. The number of aliphatic hydroxyl groups excluding tert-OH is 2. The largest absolute Gasteiger partial charge is 0.395 e. The quantitative estimate of drug-likeness (QED) is 0.684. The van der Waals surface area contributed by atoms with Gasteiger partial charge >= 0.3 is 0 Å². The van der Waals surface area contributed by atoms with Gasteiger partial charge in [0.05, 0.1) is 13.2 Å². The zero-order chi connectivity index (χ0) is 17.4. The Labute approximate surface area is 146 Å². The lowest BCUT2D eigenvalue weighted by atomic mass is 10.0. The molecular formula is C18H21ClN2O3. The first-order valence-electron chi connectivity index (χ1n) is 7.73. The highest BCUT2D eigenvalue weighted by Crippen LogP contribution is 2.24. The van der Waals surface area contributed by atoms with Gasteiger partial charge in [-0.25, -0.2) is 0 Å². The Morgan fingerprint density at radius 1 is 1.00 bits per heavy atom. The molecule has 24 heavy (non-hydrogen) atoms. The molecule has 0 aliphatic carbocycles. The van der Waals surface area contributed by atoms with E-state index in [1.165, 1.54) is 0 Å². The van der Waals surface area contributed by atoms with Gasteiger partial charge in [0.15, 0.2) is 0 Å². The molecule has 0 saturated carbocycles. The summed E-state index contributed by atoms with van der Waals surface area (Å²) in [5.74, 6) is -0.231. The van der Waals surface area contributed by atoms with E-state index >= 15 is 0 Å². The Hall–Kier alpha value is -1.92. The van der Waals surface area contributed by atoms with Crippen molar-refractivity contribution in [3.8, 4) is 0 Å². The molecule has 128 valence electrons. The van der Waals surface area contributed by atoms with Crippen molar-refractivity contribution in [3.05, 3.63) is 65.2 Å². The van der Waals surface area contributed by atoms with E-state index in [0.717, 1.165) is 5.56 Å². The number of benzene rings is 2. The third-order valence-corrected chi connectivity index (χ3v) is 3.87. The lowest BCUT2D eigenvalue weighted by Crippen LogP contribution is -2.40. The van der Waals surface area contributed by atoms with Crippen molar-refractivity contribution >= 4 is 23.2 Å². The predicted octanol–water partition coefficient (Wildman–Crippen LogP) is 2.31. The third-order valence-electron chi connectivity index (χ3n) is 3.61. The zero-order valence-electron chi connectivity index (χ0n) is 13.2. The van der Waals surface area contributed by atoms with Crippen LogP contribution in [0.5, 0.6) is 0 Å². The molecule has 3 N–H and O–H groups in total. The Morgan fingerprint density at radius 3 is 2.12 bits per heavy atom. The second-order valence-electron chi connectivity index (χ2n) is 5.29. The topological polar surface area (TPSA) is 72.8 Å². The predicted molar refractivity (Wildman–Crippen MR) is 95.0 cm³/mol. The summed E-state index contributed by atoms with van der Waals surface area (Å²) in [4.78, 5) is 14.6. The Kier molecular flexibility index (Phi) is 7.21. The molecule has 0 aliphatic rings. The van der Waals surface area contributed by atoms with Crippen LogP contribution in [0, 0.1) is 0 Å². The van der Waals surface area contributed by atoms with Crippen LogP contribution in [0.25, 0.3) is 0 Å². The Bertz CT molecular complexity index is 628. The fourth-order valence-corrected chi connectivity index (χ4v) is 2.66. The van der Waals surface area contributed by atoms with Crippen LogP contribution in [0.3, 0.4) is 0 Å². The smallest absolute Gasteiger partial charge is 0.246 e. The number of nitrogens with zero attached hydrogens (tertiary/aromatic N) is 1. The van der Waals surface area contributed by atoms with Gasteiger partial charge in [-0.2, -0.15) is 0 Å². The highest BCUT2D eigenvalue weighted by molar-refractivity contribution is 6.30. The lowest BCUT2D eigenvalue weighted by Gasteiger charge is -2.30. The first-order valence-corrected chi connectivity index (χ1v) is 8.10. The van der Waals surface area contributed by atoms with E-state index in [2.05, 4.69) is 5.32 Å². The number of amides is 1. The number of anilines is 1. The number of aliphatic hydroxyl groups is 2.